The van der Waals surface area contributed by atoms with Gasteiger partial charge in [0.05, 0.1) is 17.8 Å². The number of hydrogen-bond donors (Lipinski definition) is 1. The zero-order chi connectivity index (χ0) is 21.1. The summed E-state index contributed by atoms with van der Waals surface area (Å²) in [4.78, 5) is 49.0. The molecule has 3 aromatic heterocycles. The van der Waals surface area contributed by atoms with Crippen molar-refractivity contribution < 1.29 is 4.79 Å². The van der Waals surface area contributed by atoms with Crippen LogP contribution in [0.15, 0.2) is 40.1 Å². The van der Waals surface area contributed by atoms with Crippen LogP contribution < -0.4 is 11.2 Å². The molecular weight excluding hydrogens is 370 g/mol. The quantitative estimate of drug-likeness (QED) is 0.662. The molecule has 0 bridgehead atoms. The van der Waals surface area contributed by atoms with Crippen molar-refractivity contribution in [3.63, 3.8) is 0 Å². The molecule has 0 unspecified atom stereocenters. The third-order valence-electron chi connectivity index (χ3n) is 4.47. The summed E-state index contributed by atoms with van der Waals surface area (Å²) in [5.74, 6) is -0.495. The molecule has 0 fully saturated rings. The molecule has 146 valence electrons. The van der Waals surface area contributed by atoms with Crippen molar-refractivity contribution in [2.24, 2.45) is 0 Å². The van der Waals surface area contributed by atoms with E-state index in [1.165, 1.54) is 10.8 Å². The van der Waals surface area contributed by atoms with Crippen LogP contribution in [-0.2, 0) is 13.0 Å². The first-order chi connectivity index (χ1) is 13.8. The lowest BCUT2D eigenvalue weighted by Gasteiger charge is -2.15. The zero-order valence-corrected chi connectivity index (χ0v) is 16.3. The van der Waals surface area contributed by atoms with Gasteiger partial charge >= 0.3 is 5.69 Å². The van der Waals surface area contributed by atoms with E-state index in [0.717, 1.165) is 5.56 Å². The number of nitrogens with zero attached hydrogens (tertiary/aromatic N) is 4. The smallest absolute Gasteiger partial charge is 0.285 e. The Hall–Kier alpha value is -3.86. The van der Waals surface area contributed by atoms with E-state index in [0.29, 0.717) is 17.0 Å². The van der Waals surface area contributed by atoms with Gasteiger partial charge in [-0.15, -0.1) is 0 Å². The molecule has 0 radical (unpaired) electrons. The average molecular weight is 389 g/mol. The van der Waals surface area contributed by atoms with E-state index in [4.69, 9.17) is 5.26 Å². The van der Waals surface area contributed by atoms with Crippen molar-refractivity contribution >= 4 is 5.78 Å². The van der Waals surface area contributed by atoms with Crippen LogP contribution in [0.3, 0.4) is 0 Å². The van der Waals surface area contributed by atoms with Gasteiger partial charge in [0.15, 0.2) is 0 Å². The van der Waals surface area contributed by atoms with Crippen molar-refractivity contribution in [1.29, 1.82) is 5.26 Å². The maximum atomic E-state index is 13.3. The average Bonchev–Trinajstić information content (AvgIpc) is 2.69. The Kier molecular flexibility index (Phi) is 5.50. The first-order valence-corrected chi connectivity index (χ1v) is 9.05. The molecule has 0 spiro atoms. The number of H-pyrrole nitrogens is 1. The molecule has 8 heteroatoms. The molecule has 29 heavy (non-hydrogen) atoms. The molecule has 0 aliphatic heterocycles. The number of nitrogens with one attached hydrogen (secondary N) is 1. The van der Waals surface area contributed by atoms with E-state index in [-0.39, 0.29) is 29.9 Å². The number of ketones is 1. The SMILES string of the molecule is CCc1c(C(=O)c2cc(C)cc(C)n2)n(Cc2ccc(C#N)cn2)c(=O)[nH]c1=O. The molecule has 3 heterocycles. The fourth-order valence-corrected chi connectivity index (χ4v) is 3.18. The second-order valence-electron chi connectivity index (χ2n) is 6.68. The van der Waals surface area contributed by atoms with Crippen LogP contribution in [0.25, 0.3) is 0 Å². The van der Waals surface area contributed by atoms with E-state index in [1.807, 2.05) is 19.1 Å². The standard InChI is InChI=1S/C21H19N5O3/c1-4-16-18(19(27)17-8-12(2)7-13(3)24-17)26(21(29)25-20(16)28)11-15-6-5-14(9-22)10-23-15/h5-8,10H,4,11H2,1-3H3,(H,25,28,29). The predicted octanol–water partition coefficient (Wildman–Crippen LogP) is 1.66. The highest BCUT2D eigenvalue weighted by Crippen LogP contribution is 2.14. The van der Waals surface area contributed by atoms with Crippen molar-refractivity contribution in [2.75, 3.05) is 0 Å². The minimum atomic E-state index is -0.703. The summed E-state index contributed by atoms with van der Waals surface area (Å²) in [7, 11) is 0. The van der Waals surface area contributed by atoms with E-state index in [1.54, 1.807) is 32.0 Å². The van der Waals surface area contributed by atoms with Crippen LogP contribution in [0, 0.1) is 25.2 Å². The Balaban J connectivity index is 2.20. The number of carbonyl (C=O) groups is 1. The summed E-state index contributed by atoms with van der Waals surface area (Å²) in [5.41, 5.74) is 1.47. The van der Waals surface area contributed by atoms with Gasteiger partial charge in [-0.25, -0.2) is 9.78 Å². The molecule has 0 aliphatic carbocycles. The number of carbonyl (C=O) groups excluding carboxylic acids is 1. The number of nitriles is 1. The summed E-state index contributed by atoms with van der Waals surface area (Å²) in [6.45, 7) is 5.33. The lowest BCUT2D eigenvalue weighted by Crippen LogP contribution is -2.38. The molecule has 0 amide bonds. The van der Waals surface area contributed by atoms with Crippen LogP contribution in [0.5, 0.6) is 0 Å². The van der Waals surface area contributed by atoms with Crippen LogP contribution in [0.1, 0.15) is 51.2 Å². The van der Waals surface area contributed by atoms with Crippen LogP contribution >= 0.6 is 0 Å². The number of hydrogen-bond acceptors (Lipinski definition) is 6. The minimum absolute atomic E-state index is 0.00455. The van der Waals surface area contributed by atoms with Gasteiger partial charge in [0.2, 0.25) is 5.78 Å². The molecule has 3 rings (SSSR count). The third kappa shape index (κ3) is 4.04. The Labute approximate surface area is 166 Å². The van der Waals surface area contributed by atoms with Crippen molar-refractivity contribution in [2.45, 2.75) is 33.7 Å². The number of aryl methyl sites for hydroxylation is 2. The lowest BCUT2D eigenvalue weighted by molar-refractivity contribution is 0.102. The summed E-state index contributed by atoms with van der Waals surface area (Å²) in [6, 6.07) is 8.62. The van der Waals surface area contributed by atoms with Gasteiger partial charge < -0.3 is 0 Å². The monoisotopic (exact) mass is 389 g/mol. The Morgan fingerprint density at radius 3 is 2.59 bits per heavy atom. The molecule has 1 N–H and O–H groups in total. The molecular formula is C21H19N5O3. The summed E-state index contributed by atoms with van der Waals surface area (Å²) < 4.78 is 1.20. The first-order valence-electron chi connectivity index (χ1n) is 9.05. The van der Waals surface area contributed by atoms with Crippen LogP contribution in [0.2, 0.25) is 0 Å². The topological polar surface area (TPSA) is 121 Å². The van der Waals surface area contributed by atoms with Crippen molar-refractivity contribution in [3.8, 4) is 6.07 Å². The highest BCUT2D eigenvalue weighted by molar-refractivity contribution is 6.07. The number of aromatic nitrogens is 4. The molecule has 0 saturated heterocycles. The number of aromatic amines is 1. The molecule has 8 nitrogen and oxygen atoms in total. The van der Waals surface area contributed by atoms with Gasteiger partial charge in [-0.05, 0) is 50.1 Å². The van der Waals surface area contributed by atoms with Gasteiger partial charge in [0, 0.05) is 17.5 Å². The predicted molar refractivity (Wildman–Crippen MR) is 106 cm³/mol. The third-order valence-corrected chi connectivity index (χ3v) is 4.47. The summed E-state index contributed by atoms with van der Waals surface area (Å²) in [5, 5.41) is 8.91. The first kappa shape index (κ1) is 19.9. The van der Waals surface area contributed by atoms with Gasteiger partial charge in [0.1, 0.15) is 17.5 Å². The van der Waals surface area contributed by atoms with E-state index < -0.39 is 17.0 Å². The Morgan fingerprint density at radius 1 is 1.24 bits per heavy atom. The highest BCUT2D eigenvalue weighted by atomic mass is 16.2. The maximum absolute atomic E-state index is 13.3. The van der Waals surface area contributed by atoms with Crippen LogP contribution in [-0.4, -0.2) is 25.3 Å². The molecule has 0 aliphatic rings. The zero-order valence-electron chi connectivity index (χ0n) is 16.3. The van der Waals surface area contributed by atoms with Gasteiger partial charge in [-0.3, -0.25) is 24.1 Å². The van der Waals surface area contributed by atoms with Crippen LogP contribution in [0.4, 0.5) is 0 Å². The fraction of sp³-hybridized carbons (Fsp3) is 0.238. The molecule has 0 atom stereocenters. The Bertz CT molecular complexity index is 1230. The molecule has 0 aromatic carbocycles. The largest absolute Gasteiger partial charge is 0.329 e. The normalized spacial score (nSPS) is 10.6. The second kappa shape index (κ2) is 8.02. The highest BCUT2D eigenvalue weighted by Gasteiger charge is 2.23. The maximum Gasteiger partial charge on any atom is 0.329 e. The van der Waals surface area contributed by atoms with E-state index in [2.05, 4.69) is 15.0 Å². The fourth-order valence-electron chi connectivity index (χ4n) is 3.18. The number of pyridine rings is 2. The van der Waals surface area contributed by atoms with Crippen molar-refractivity contribution in [1.82, 2.24) is 19.5 Å². The summed E-state index contributed by atoms with van der Waals surface area (Å²) >= 11 is 0. The second-order valence-corrected chi connectivity index (χ2v) is 6.68. The van der Waals surface area contributed by atoms with Gasteiger partial charge in [0.25, 0.3) is 5.56 Å². The van der Waals surface area contributed by atoms with Crippen molar-refractivity contribution in [3.05, 3.63) is 90.8 Å². The summed E-state index contributed by atoms with van der Waals surface area (Å²) in [6.07, 6.45) is 1.65. The van der Waals surface area contributed by atoms with Gasteiger partial charge in [-0.2, -0.15) is 5.26 Å². The minimum Gasteiger partial charge on any atom is -0.285 e. The van der Waals surface area contributed by atoms with Gasteiger partial charge in [-0.1, -0.05) is 6.92 Å². The van der Waals surface area contributed by atoms with E-state index >= 15 is 0 Å². The number of rotatable bonds is 5. The molecule has 0 saturated carbocycles. The van der Waals surface area contributed by atoms with E-state index in [9.17, 15) is 14.4 Å². The Morgan fingerprint density at radius 2 is 2.00 bits per heavy atom. The lowest BCUT2D eigenvalue weighted by atomic mass is 10.0. The molecule has 3 aromatic rings.